The number of carboxylic acid groups (broad SMARTS) is 1. The standard InChI is InChI=1S/C26H31N5O3/c1-17(2)31(25(32)20-9-4-18(3)5-10-20)24-23(26(33)34)16-30(29-24)22-12-7-19(8-13-22)6-11-21-14-15-27-28-21/h6-8,11-18,20H,4-5,9-10H2,1-3H3,(H,27,28)(H,33,34). The van der Waals surface area contributed by atoms with Crippen molar-refractivity contribution < 1.29 is 14.7 Å². The molecule has 2 N–H and O–H groups in total. The van der Waals surface area contributed by atoms with E-state index in [0.29, 0.717) is 11.6 Å². The molecule has 0 aliphatic heterocycles. The van der Waals surface area contributed by atoms with E-state index in [0.717, 1.165) is 36.9 Å². The molecule has 2 heterocycles. The van der Waals surface area contributed by atoms with Crippen molar-refractivity contribution in [3.8, 4) is 5.69 Å². The minimum atomic E-state index is -1.10. The number of hydrogen-bond acceptors (Lipinski definition) is 4. The molecule has 8 heteroatoms. The number of anilines is 1. The zero-order valence-corrected chi connectivity index (χ0v) is 19.8. The molecule has 34 heavy (non-hydrogen) atoms. The first-order chi connectivity index (χ1) is 16.3. The molecule has 1 aliphatic rings. The van der Waals surface area contributed by atoms with E-state index < -0.39 is 5.97 Å². The minimum absolute atomic E-state index is 0.0220. The summed E-state index contributed by atoms with van der Waals surface area (Å²) in [5, 5.41) is 21.3. The van der Waals surface area contributed by atoms with Crippen LogP contribution in [0.5, 0.6) is 0 Å². The van der Waals surface area contributed by atoms with E-state index in [9.17, 15) is 14.7 Å². The number of carboxylic acids is 1. The van der Waals surface area contributed by atoms with Crippen molar-refractivity contribution in [2.24, 2.45) is 11.8 Å². The lowest BCUT2D eigenvalue weighted by atomic mass is 9.82. The van der Waals surface area contributed by atoms with Crippen LogP contribution in [0.2, 0.25) is 0 Å². The number of carbonyl (C=O) groups is 2. The molecular weight excluding hydrogens is 430 g/mol. The normalized spacial score (nSPS) is 18.5. The summed E-state index contributed by atoms with van der Waals surface area (Å²) in [6, 6.07) is 9.26. The molecule has 178 valence electrons. The van der Waals surface area contributed by atoms with Crippen LogP contribution < -0.4 is 4.90 Å². The van der Waals surface area contributed by atoms with Crippen LogP contribution in [-0.4, -0.2) is 43.0 Å². The maximum atomic E-state index is 13.5. The molecular formula is C26H31N5O3. The summed E-state index contributed by atoms with van der Waals surface area (Å²) in [6.45, 7) is 6.01. The van der Waals surface area contributed by atoms with Crippen molar-refractivity contribution >= 4 is 29.8 Å². The van der Waals surface area contributed by atoms with Crippen molar-refractivity contribution in [1.29, 1.82) is 0 Å². The molecule has 1 aliphatic carbocycles. The Kier molecular flexibility index (Phi) is 6.95. The van der Waals surface area contributed by atoms with Gasteiger partial charge < -0.3 is 5.11 Å². The lowest BCUT2D eigenvalue weighted by Crippen LogP contribution is -2.43. The van der Waals surface area contributed by atoms with Gasteiger partial charge in [-0.25, -0.2) is 9.48 Å². The highest BCUT2D eigenvalue weighted by molar-refractivity contribution is 6.01. The summed E-state index contributed by atoms with van der Waals surface area (Å²) < 4.78 is 1.53. The van der Waals surface area contributed by atoms with E-state index in [1.165, 1.54) is 10.9 Å². The molecule has 1 fully saturated rings. The molecule has 8 nitrogen and oxygen atoms in total. The van der Waals surface area contributed by atoms with E-state index in [1.54, 1.807) is 11.1 Å². The van der Waals surface area contributed by atoms with Crippen molar-refractivity contribution in [2.45, 2.75) is 52.5 Å². The summed E-state index contributed by atoms with van der Waals surface area (Å²) in [5.41, 5.74) is 2.54. The van der Waals surface area contributed by atoms with Gasteiger partial charge in [0.25, 0.3) is 0 Å². The summed E-state index contributed by atoms with van der Waals surface area (Å²) in [4.78, 5) is 27.1. The number of nitrogens with zero attached hydrogens (tertiary/aromatic N) is 4. The van der Waals surface area contributed by atoms with Crippen molar-refractivity contribution in [3.63, 3.8) is 0 Å². The summed E-state index contributed by atoms with van der Waals surface area (Å²) in [6.07, 6.45) is 10.8. The maximum absolute atomic E-state index is 13.5. The van der Waals surface area contributed by atoms with Gasteiger partial charge in [-0.3, -0.25) is 14.8 Å². The number of hydrogen-bond donors (Lipinski definition) is 2. The predicted octanol–water partition coefficient (Wildman–Crippen LogP) is 5.03. The molecule has 2 aromatic heterocycles. The number of carbonyl (C=O) groups excluding carboxylic acids is 1. The van der Waals surface area contributed by atoms with Gasteiger partial charge in [0.05, 0.1) is 11.4 Å². The summed E-state index contributed by atoms with van der Waals surface area (Å²) in [5.74, 6) is -0.397. The average Bonchev–Trinajstić information content (AvgIpc) is 3.49. The number of H-pyrrole nitrogens is 1. The number of aromatic nitrogens is 4. The van der Waals surface area contributed by atoms with Gasteiger partial charge in [0.15, 0.2) is 5.82 Å². The van der Waals surface area contributed by atoms with Crippen LogP contribution in [0.15, 0.2) is 42.7 Å². The highest BCUT2D eigenvalue weighted by Gasteiger charge is 2.34. The smallest absolute Gasteiger partial charge is 0.341 e. The highest BCUT2D eigenvalue weighted by atomic mass is 16.4. The zero-order chi connectivity index (χ0) is 24.2. The van der Waals surface area contributed by atoms with E-state index in [1.807, 2.05) is 56.3 Å². The van der Waals surface area contributed by atoms with Crippen LogP contribution in [-0.2, 0) is 4.79 Å². The first kappa shape index (κ1) is 23.5. The van der Waals surface area contributed by atoms with Crippen LogP contribution >= 0.6 is 0 Å². The molecule has 1 saturated carbocycles. The number of rotatable bonds is 7. The maximum Gasteiger partial charge on any atom is 0.341 e. The van der Waals surface area contributed by atoms with Crippen LogP contribution in [0, 0.1) is 11.8 Å². The number of aromatic carboxylic acids is 1. The monoisotopic (exact) mass is 461 g/mol. The second-order valence-electron chi connectivity index (χ2n) is 9.30. The third-order valence-electron chi connectivity index (χ3n) is 6.40. The molecule has 1 aromatic carbocycles. The van der Waals surface area contributed by atoms with Gasteiger partial charge in [-0.05, 0) is 75.3 Å². The molecule has 3 aromatic rings. The predicted molar refractivity (Wildman–Crippen MR) is 132 cm³/mol. The second-order valence-corrected chi connectivity index (χ2v) is 9.30. The van der Waals surface area contributed by atoms with E-state index in [4.69, 9.17) is 0 Å². The Bertz CT molecular complexity index is 1150. The Balaban J connectivity index is 1.61. The van der Waals surface area contributed by atoms with Gasteiger partial charge in [-0.1, -0.05) is 25.1 Å². The molecule has 1 amide bonds. The fourth-order valence-corrected chi connectivity index (χ4v) is 4.42. The zero-order valence-electron chi connectivity index (χ0n) is 19.8. The third-order valence-corrected chi connectivity index (χ3v) is 6.40. The topological polar surface area (TPSA) is 104 Å². The fraction of sp³-hybridized carbons (Fsp3) is 0.385. The fourth-order valence-electron chi connectivity index (χ4n) is 4.42. The lowest BCUT2D eigenvalue weighted by Gasteiger charge is -2.32. The first-order valence-electron chi connectivity index (χ1n) is 11.8. The third kappa shape index (κ3) is 5.11. The van der Waals surface area contributed by atoms with Crippen molar-refractivity contribution in [3.05, 3.63) is 59.5 Å². The highest BCUT2D eigenvalue weighted by Crippen LogP contribution is 2.32. The Labute approximate surface area is 199 Å². The molecule has 0 unspecified atom stereocenters. The van der Waals surface area contributed by atoms with Gasteiger partial charge in [0.2, 0.25) is 5.91 Å². The molecule has 0 saturated heterocycles. The largest absolute Gasteiger partial charge is 0.477 e. The Morgan fingerprint density at radius 1 is 1.12 bits per heavy atom. The van der Waals surface area contributed by atoms with Gasteiger partial charge in [-0.2, -0.15) is 5.10 Å². The Morgan fingerprint density at radius 2 is 1.82 bits per heavy atom. The van der Waals surface area contributed by atoms with Crippen LogP contribution in [0.3, 0.4) is 0 Å². The number of amides is 1. The van der Waals surface area contributed by atoms with Crippen molar-refractivity contribution in [2.75, 3.05) is 4.90 Å². The van der Waals surface area contributed by atoms with Crippen LogP contribution in [0.25, 0.3) is 17.8 Å². The lowest BCUT2D eigenvalue weighted by molar-refractivity contribution is -0.123. The first-order valence-corrected chi connectivity index (χ1v) is 11.8. The van der Waals surface area contributed by atoms with Crippen LogP contribution in [0.1, 0.15) is 68.1 Å². The summed E-state index contributed by atoms with van der Waals surface area (Å²) >= 11 is 0. The van der Waals surface area contributed by atoms with Crippen molar-refractivity contribution in [1.82, 2.24) is 20.0 Å². The molecule has 0 spiro atoms. The van der Waals surface area contributed by atoms with E-state index in [-0.39, 0.29) is 29.2 Å². The van der Waals surface area contributed by atoms with Gasteiger partial charge in [0, 0.05) is 24.4 Å². The molecule has 0 bridgehead atoms. The number of nitrogens with one attached hydrogen (secondary N) is 1. The minimum Gasteiger partial charge on any atom is -0.477 e. The van der Waals surface area contributed by atoms with Gasteiger partial charge in [-0.15, -0.1) is 5.10 Å². The quantitative estimate of drug-likeness (QED) is 0.513. The second kappa shape index (κ2) is 10.1. The SMILES string of the molecule is CC1CCC(C(=O)N(c2nn(-c3ccc(C=Cc4cc[nH]n4)cc3)cc2C(=O)O)C(C)C)CC1. The Hall–Kier alpha value is -3.68. The van der Waals surface area contributed by atoms with Crippen LogP contribution in [0.4, 0.5) is 5.82 Å². The Morgan fingerprint density at radius 3 is 2.41 bits per heavy atom. The summed E-state index contributed by atoms with van der Waals surface area (Å²) in [7, 11) is 0. The van der Waals surface area contributed by atoms with E-state index >= 15 is 0 Å². The van der Waals surface area contributed by atoms with Gasteiger partial charge >= 0.3 is 5.97 Å². The molecule has 0 radical (unpaired) electrons. The van der Waals surface area contributed by atoms with Gasteiger partial charge in [0.1, 0.15) is 5.56 Å². The number of benzene rings is 1. The average molecular weight is 462 g/mol. The van der Waals surface area contributed by atoms with E-state index in [2.05, 4.69) is 22.2 Å². The molecule has 4 rings (SSSR count). The molecule has 0 atom stereocenters. The number of aromatic amines is 1.